The van der Waals surface area contributed by atoms with Crippen LogP contribution in [-0.4, -0.2) is 4.98 Å². The van der Waals surface area contributed by atoms with Gasteiger partial charge < -0.3 is 0 Å². The van der Waals surface area contributed by atoms with Gasteiger partial charge in [0.2, 0.25) is 0 Å². The number of nitrogens with zero attached hydrogens (tertiary/aromatic N) is 1. The van der Waals surface area contributed by atoms with Crippen molar-refractivity contribution in [3.63, 3.8) is 0 Å². The highest BCUT2D eigenvalue weighted by Gasteiger charge is 2.22. The Hall–Kier alpha value is -1.37. The van der Waals surface area contributed by atoms with Crippen molar-refractivity contribution in [1.82, 2.24) is 4.98 Å². The van der Waals surface area contributed by atoms with Crippen LogP contribution in [0.25, 0.3) is 10.8 Å². The van der Waals surface area contributed by atoms with Crippen LogP contribution < -0.4 is 0 Å². The minimum Gasteiger partial charge on any atom is -0.261 e. The zero-order valence-corrected chi connectivity index (χ0v) is 13.3. The fourth-order valence-electron chi connectivity index (χ4n) is 2.52. The molecule has 0 saturated carbocycles. The highest BCUT2D eigenvalue weighted by molar-refractivity contribution is 5.89. The van der Waals surface area contributed by atoms with Crippen LogP contribution in [0.3, 0.4) is 0 Å². The van der Waals surface area contributed by atoms with E-state index in [1.54, 1.807) is 0 Å². The smallest absolute Gasteiger partial charge is 0.0453 e. The SMILES string of the molecule is Cc1nccc2cc(C(C)(C)C)cc(C(C)(C)C)c12. The van der Waals surface area contributed by atoms with Crippen LogP contribution in [0.2, 0.25) is 0 Å². The lowest BCUT2D eigenvalue weighted by Gasteiger charge is -2.27. The molecule has 0 N–H and O–H groups in total. The van der Waals surface area contributed by atoms with Gasteiger partial charge in [0.25, 0.3) is 0 Å². The summed E-state index contributed by atoms with van der Waals surface area (Å²) in [5.74, 6) is 0. The fourth-order valence-corrected chi connectivity index (χ4v) is 2.52. The lowest BCUT2D eigenvalue weighted by Crippen LogP contribution is -2.17. The van der Waals surface area contributed by atoms with Crippen molar-refractivity contribution < 1.29 is 0 Å². The lowest BCUT2D eigenvalue weighted by atomic mass is 9.78. The van der Waals surface area contributed by atoms with Crippen LogP contribution in [0.5, 0.6) is 0 Å². The molecule has 0 unspecified atom stereocenters. The number of pyridine rings is 1. The number of benzene rings is 1. The highest BCUT2D eigenvalue weighted by Crippen LogP contribution is 2.35. The first-order valence-corrected chi connectivity index (χ1v) is 7.01. The van der Waals surface area contributed by atoms with Crippen LogP contribution >= 0.6 is 0 Å². The van der Waals surface area contributed by atoms with E-state index in [9.17, 15) is 0 Å². The molecule has 102 valence electrons. The Bertz CT molecular complexity index is 610. The molecule has 0 amide bonds. The van der Waals surface area contributed by atoms with E-state index < -0.39 is 0 Å². The third-order valence-corrected chi connectivity index (χ3v) is 3.73. The Labute approximate surface area is 117 Å². The van der Waals surface area contributed by atoms with Crippen LogP contribution in [0.1, 0.15) is 58.4 Å². The molecule has 1 heteroatoms. The predicted octanol–water partition coefficient (Wildman–Crippen LogP) is 5.14. The largest absolute Gasteiger partial charge is 0.261 e. The molecule has 0 bridgehead atoms. The number of aromatic nitrogens is 1. The summed E-state index contributed by atoms with van der Waals surface area (Å²) in [6, 6.07) is 6.82. The normalized spacial score (nSPS) is 13.0. The van der Waals surface area contributed by atoms with Crippen molar-refractivity contribution in [1.29, 1.82) is 0 Å². The Morgan fingerprint density at radius 1 is 0.895 bits per heavy atom. The first-order chi connectivity index (χ1) is 8.60. The van der Waals surface area contributed by atoms with Gasteiger partial charge in [0.15, 0.2) is 0 Å². The summed E-state index contributed by atoms with van der Waals surface area (Å²) >= 11 is 0. The van der Waals surface area contributed by atoms with Crippen LogP contribution in [0.15, 0.2) is 24.4 Å². The molecule has 2 aromatic rings. The topological polar surface area (TPSA) is 12.9 Å². The molecule has 19 heavy (non-hydrogen) atoms. The number of fused-ring (bicyclic) bond motifs is 1. The summed E-state index contributed by atoms with van der Waals surface area (Å²) in [4.78, 5) is 4.47. The first kappa shape index (κ1) is 14.0. The van der Waals surface area contributed by atoms with Gasteiger partial charge in [0.05, 0.1) is 0 Å². The van der Waals surface area contributed by atoms with Gasteiger partial charge in [-0.1, -0.05) is 53.7 Å². The van der Waals surface area contributed by atoms with Crippen LogP contribution in [0, 0.1) is 6.92 Å². The molecule has 0 saturated heterocycles. The molecule has 0 aliphatic carbocycles. The Morgan fingerprint density at radius 2 is 1.53 bits per heavy atom. The number of rotatable bonds is 0. The quantitative estimate of drug-likeness (QED) is 0.635. The molecular weight excluding hydrogens is 230 g/mol. The summed E-state index contributed by atoms with van der Waals surface area (Å²) in [7, 11) is 0. The molecule has 0 spiro atoms. The molecule has 1 aromatic heterocycles. The summed E-state index contributed by atoms with van der Waals surface area (Å²) < 4.78 is 0. The van der Waals surface area contributed by atoms with E-state index in [4.69, 9.17) is 0 Å². The van der Waals surface area contributed by atoms with Crippen molar-refractivity contribution >= 4 is 10.8 Å². The van der Waals surface area contributed by atoms with Crippen molar-refractivity contribution in [2.24, 2.45) is 0 Å². The average Bonchev–Trinajstić information content (AvgIpc) is 2.25. The minimum atomic E-state index is 0.132. The van der Waals surface area contributed by atoms with Gasteiger partial charge in [0, 0.05) is 17.3 Å². The van der Waals surface area contributed by atoms with Crippen molar-refractivity contribution in [3.05, 3.63) is 41.2 Å². The standard InChI is InChI=1S/C18H25N/c1-12-16-13(8-9-19-12)10-14(17(2,3)4)11-15(16)18(5,6)7/h8-11H,1-7H3. The van der Waals surface area contributed by atoms with Gasteiger partial charge >= 0.3 is 0 Å². The first-order valence-electron chi connectivity index (χ1n) is 7.01. The monoisotopic (exact) mass is 255 g/mol. The molecule has 0 fully saturated rings. The Morgan fingerprint density at radius 3 is 2.05 bits per heavy atom. The van der Waals surface area contributed by atoms with Crippen molar-refractivity contribution in [2.45, 2.75) is 59.3 Å². The van der Waals surface area contributed by atoms with E-state index >= 15 is 0 Å². The van der Waals surface area contributed by atoms with Gasteiger partial charge in [-0.15, -0.1) is 0 Å². The summed E-state index contributed by atoms with van der Waals surface area (Å²) in [6.45, 7) is 15.8. The van der Waals surface area contributed by atoms with E-state index in [2.05, 4.69) is 71.6 Å². The lowest BCUT2D eigenvalue weighted by molar-refractivity contribution is 0.572. The van der Waals surface area contributed by atoms with Gasteiger partial charge in [-0.2, -0.15) is 0 Å². The van der Waals surface area contributed by atoms with E-state index in [0.29, 0.717) is 0 Å². The number of hydrogen-bond donors (Lipinski definition) is 0. The number of hydrogen-bond acceptors (Lipinski definition) is 1. The Kier molecular flexibility index (Phi) is 3.20. The third-order valence-electron chi connectivity index (χ3n) is 3.73. The zero-order chi connectivity index (χ0) is 14.4. The second-order valence-electron chi connectivity index (χ2n) is 7.52. The summed E-state index contributed by atoms with van der Waals surface area (Å²) in [5, 5.41) is 2.63. The average molecular weight is 255 g/mol. The summed E-state index contributed by atoms with van der Waals surface area (Å²) in [5.41, 5.74) is 4.23. The minimum absolute atomic E-state index is 0.132. The van der Waals surface area contributed by atoms with Crippen LogP contribution in [-0.2, 0) is 10.8 Å². The van der Waals surface area contributed by atoms with Crippen molar-refractivity contribution in [3.8, 4) is 0 Å². The molecule has 0 atom stereocenters. The maximum Gasteiger partial charge on any atom is 0.0453 e. The predicted molar refractivity (Wildman–Crippen MR) is 83.9 cm³/mol. The second kappa shape index (κ2) is 4.33. The maximum absolute atomic E-state index is 4.47. The van der Waals surface area contributed by atoms with Gasteiger partial charge in [-0.05, 0) is 40.3 Å². The number of aryl methyl sites for hydroxylation is 1. The molecule has 1 heterocycles. The molecular formula is C18H25N. The maximum atomic E-state index is 4.47. The van der Waals surface area contributed by atoms with E-state index in [-0.39, 0.29) is 10.8 Å². The van der Waals surface area contributed by atoms with Crippen molar-refractivity contribution in [2.75, 3.05) is 0 Å². The molecule has 2 rings (SSSR count). The zero-order valence-electron chi connectivity index (χ0n) is 13.3. The molecule has 0 aliphatic heterocycles. The molecule has 1 aromatic carbocycles. The highest BCUT2D eigenvalue weighted by atomic mass is 14.7. The van der Waals surface area contributed by atoms with E-state index in [1.165, 1.54) is 21.9 Å². The third kappa shape index (κ3) is 2.65. The van der Waals surface area contributed by atoms with Gasteiger partial charge in [-0.25, -0.2) is 0 Å². The Balaban J connectivity index is 2.89. The van der Waals surface area contributed by atoms with Gasteiger partial charge in [0.1, 0.15) is 0 Å². The van der Waals surface area contributed by atoms with E-state index in [0.717, 1.165) is 5.69 Å². The molecule has 0 aliphatic rings. The van der Waals surface area contributed by atoms with Crippen LogP contribution in [0.4, 0.5) is 0 Å². The molecule has 0 radical (unpaired) electrons. The van der Waals surface area contributed by atoms with E-state index in [1.807, 2.05) is 6.20 Å². The second-order valence-corrected chi connectivity index (χ2v) is 7.52. The van der Waals surface area contributed by atoms with Gasteiger partial charge in [-0.3, -0.25) is 4.98 Å². The molecule has 1 nitrogen and oxygen atoms in total. The summed E-state index contributed by atoms with van der Waals surface area (Å²) in [6.07, 6.45) is 1.91. The fraction of sp³-hybridized carbons (Fsp3) is 0.500.